The van der Waals surface area contributed by atoms with Crippen molar-refractivity contribution in [1.82, 2.24) is 5.32 Å². The first-order valence-corrected chi connectivity index (χ1v) is 6.26. The van der Waals surface area contributed by atoms with Gasteiger partial charge in [-0.2, -0.15) is 0 Å². The molecule has 0 amide bonds. The van der Waals surface area contributed by atoms with Gasteiger partial charge in [0.05, 0.1) is 6.26 Å². The van der Waals surface area contributed by atoms with Gasteiger partial charge in [-0.1, -0.05) is 25.1 Å². The van der Waals surface area contributed by atoms with Gasteiger partial charge in [-0.25, -0.2) is 0 Å². The molecular formula is C15H19NO2. The summed E-state index contributed by atoms with van der Waals surface area (Å²) in [4.78, 5) is 0. The van der Waals surface area contributed by atoms with E-state index in [4.69, 9.17) is 9.15 Å². The van der Waals surface area contributed by atoms with E-state index in [9.17, 15) is 0 Å². The molecule has 1 heterocycles. The minimum atomic E-state index is 0.317. The van der Waals surface area contributed by atoms with Gasteiger partial charge < -0.3 is 14.5 Å². The molecule has 3 nitrogen and oxygen atoms in total. The van der Waals surface area contributed by atoms with E-state index in [1.807, 2.05) is 37.4 Å². The van der Waals surface area contributed by atoms with Crippen LogP contribution in [-0.2, 0) is 6.61 Å². The molecule has 3 heteroatoms. The quantitative estimate of drug-likeness (QED) is 0.845. The molecule has 0 bridgehead atoms. The Morgan fingerprint density at radius 1 is 1.22 bits per heavy atom. The highest BCUT2D eigenvalue weighted by Crippen LogP contribution is 2.27. The van der Waals surface area contributed by atoms with Gasteiger partial charge in [0, 0.05) is 11.6 Å². The number of hydrogen-bond acceptors (Lipinski definition) is 3. The summed E-state index contributed by atoms with van der Waals surface area (Å²) in [5.74, 6) is 1.75. The summed E-state index contributed by atoms with van der Waals surface area (Å²) >= 11 is 0. The first-order valence-electron chi connectivity index (χ1n) is 6.26. The summed E-state index contributed by atoms with van der Waals surface area (Å²) < 4.78 is 11.1. The van der Waals surface area contributed by atoms with Crippen LogP contribution in [0.2, 0.25) is 0 Å². The topological polar surface area (TPSA) is 34.4 Å². The van der Waals surface area contributed by atoms with Gasteiger partial charge in [-0.05, 0) is 31.7 Å². The summed E-state index contributed by atoms with van der Waals surface area (Å²) in [5.41, 5.74) is 1.19. The molecule has 2 aromatic rings. The second-order valence-electron chi connectivity index (χ2n) is 4.16. The number of furan rings is 1. The van der Waals surface area contributed by atoms with Crippen LogP contribution in [0.4, 0.5) is 0 Å². The average molecular weight is 245 g/mol. The molecule has 18 heavy (non-hydrogen) atoms. The number of benzene rings is 1. The molecule has 0 aliphatic carbocycles. The van der Waals surface area contributed by atoms with E-state index >= 15 is 0 Å². The van der Waals surface area contributed by atoms with Crippen molar-refractivity contribution in [2.75, 3.05) is 7.05 Å². The van der Waals surface area contributed by atoms with Gasteiger partial charge in [0.1, 0.15) is 18.1 Å². The van der Waals surface area contributed by atoms with Crippen LogP contribution in [0.15, 0.2) is 47.1 Å². The molecule has 0 aliphatic rings. The molecule has 1 N–H and O–H groups in total. The lowest BCUT2D eigenvalue weighted by Crippen LogP contribution is -2.16. The lowest BCUT2D eigenvalue weighted by atomic mass is 10.0. The highest BCUT2D eigenvalue weighted by atomic mass is 16.5. The van der Waals surface area contributed by atoms with Crippen molar-refractivity contribution in [3.8, 4) is 5.75 Å². The van der Waals surface area contributed by atoms with Crippen LogP contribution in [-0.4, -0.2) is 7.05 Å². The van der Waals surface area contributed by atoms with Crippen molar-refractivity contribution < 1.29 is 9.15 Å². The van der Waals surface area contributed by atoms with Gasteiger partial charge in [0.25, 0.3) is 0 Å². The summed E-state index contributed by atoms with van der Waals surface area (Å²) in [7, 11) is 1.97. The number of rotatable bonds is 6. The van der Waals surface area contributed by atoms with Crippen molar-refractivity contribution in [1.29, 1.82) is 0 Å². The highest BCUT2D eigenvalue weighted by molar-refractivity contribution is 5.36. The zero-order valence-electron chi connectivity index (χ0n) is 10.8. The van der Waals surface area contributed by atoms with E-state index in [1.165, 1.54) is 5.56 Å². The number of nitrogens with one attached hydrogen (secondary N) is 1. The molecule has 1 atom stereocenters. The molecular weight excluding hydrogens is 226 g/mol. The minimum absolute atomic E-state index is 0.317. The third kappa shape index (κ3) is 2.93. The van der Waals surface area contributed by atoms with Gasteiger partial charge >= 0.3 is 0 Å². The predicted molar refractivity (Wildman–Crippen MR) is 71.6 cm³/mol. The molecule has 2 rings (SSSR count). The Bertz CT molecular complexity index is 461. The molecule has 0 saturated carbocycles. The van der Waals surface area contributed by atoms with Crippen LogP contribution < -0.4 is 10.1 Å². The monoisotopic (exact) mass is 245 g/mol. The fourth-order valence-corrected chi connectivity index (χ4v) is 2.02. The second kappa shape index (κ2) is 6.26. The third-order valence-electron chi connectivity index (χ3n) is 3.00. The zero-order valence-corrected chi connectivity index (χ0v) is 10.8. The van der Waals surface area contributed by atoms with Gasteiger partial charge in [0.15, 0.2) is 0 Å². The molecule has 0 fully saturated rings. The summed E-state index contributed by atoms with van der Waals surface area (Å²) in [6.45, 7) is 2.62. The number of ether oxygens (including phenoxy) is 1. The fraction of sp³-hybridized carbons (Fsp3) is 0.333. The van der Waals surface area contributed by atoms with Crippen LogP contribution in [0.3, 0.4) is 0 Å². The zero-order chi connectivity index (χ0) is 12.8. The van der Waals surface area contributed by atoms with E-state index < -0.39 is 0 Å². The van der Waals surface area contributed by atoms with E-state index in [1.54, 1.807) is 6.26 Å². The lowest BCUT2D eigenvalue weighted by molar-refractivity contribution is 0.265. The number of hydrogen-bond donors (Lipinski definition) is 1. The summed E-state index contributed by atoms with van der Waals surface area (Å²) in [6, 6.07) is 12.2. The molecule has 0 aliphatic heterocycles. The number of para-hydroxylation sites is 1. The standard InChI is InChI=1S/C15H19NO2/c1-3-14(16-2)13-8-4-5-9-15(13)18-11-12-7-6-10-17-12/h4-10,14,16H,3,11H2,1-2H3. The normalized spacial score (nSPS) is 12.3. The molecule has 1 aromatic heterocycles. The van der Waals surface area contributed by atoms with Crippen LogP contribution in [0.25, 0.3) is 0 Å². The summed E-state index contributed by atoms with van der Waals surface area (Å²) in [6.07, 6.45) is 2.69. The first-order chi connectivity index (χ1) is 8.85. The van der Waals surface area contributed by atoms with Gasteiger partial charge in [-0.3, -0.25) is 0 Å². The van der Waals surface area contributed by atoms with Crippen molar-refractivity contribution in [3.63, 3.8) is 0 Å². The minimum Gasteiger partial charge on any atom is -0.485 e. The fourth-order valence-electron chi connectivity index (χ4n) is 2.02. The Morgan fingerprint density at radius 2 is 2.06 bits per heavy atom. The third-order valence-corrected chi connectivity index (χ3v) is 3.00. The van der Waals surface area contributed by atoms with Crippen molar-refractivity contribution in [2.45, 2.75) is 26.0 Å². The second-order valence-corrected chi connectivity index (χ2v) is 4.16. The molecule has 0 spiro atoms. The average Bonchev–Trinajstić information content (AvgIpc) is 2.92. The Morgan fingerprint density at radius 3 is 2.72 bits per heavy atom. The summed E-state index contributed by atoms with van der Waals surface area (Å²) in [5, 5.41) is 3.30. The molecule has 1 aromatic carbocycles. The maximum Gasteiger partial charge on any atom is 0.146 e. The smallest absolute Gasteiger partial charge is 0.146 e. The Balaban J connectivity index is 2.12. The van der Waals surface area contributed by atoms with E-state index in [2.05, 4.69) is 18.3 Å². The lowest BCUT2D eigenvalue weighted by Gasteiger charge is -2.18. The van der Waals surface area contributed by atoms with Crippen LogP contribution in [0.5, 0.6) is 5.75 Å². The van der Waals surface area contributed by atoms with Crippen molar-refractivity contribution in [3.05, 3.63) is 54.0 Å². The Kier molecular flexibility index (Phi) is 4.42. The van der Waals surface area contributed by atoms with Crippen LogP contribution >= 0.6 is 0 Å². The van der Waals surface area contributed by atoms with Gasteiger partial charge in [-0.15, -0.1) is 0 Å². The predicted octanol–water partition coefficient (Wildman–Crippen LogP) is 3.53. The molecule has 1 unspecified atom stereocenters. The van der Waals surface area contributed by atoms with E-state index in [0.29, 0.717) is 12.6 Å². The maximum absolute atomic E-state index is 5.83. The molecule has 96 valence electrons. The Hall–Kier alpha value is -1.74. The van der Waals surface area contributed by atoms with Crippen molar-refractivity contribution in [2.24, 2.45) is 0 Å². The van der Waals surface area contributed by atoms with Crippen LogP contribution in [0.1, 0.15) is 30.7 Å². The molecule has 0 saturated heterocycles. The first kappa shape index (κ1) is 12.7. The van der Waals surface area contributed by atoms with Crippen molar-refractivity contribution >= 4 is 0 Å². The largest absolute Gasteiger partial charge is 0.485 e. The van der Waals surface area contributed by atoms with E-state index in [0.717, 1.165) is 17.9 Å². The van der Waals surface area contributed by atoms with Crippen LogP contribution in [0, 0.1) is 0 Å². The SMILES string of the molecule is CCC(NC)c1ccccc1OCc1ccco1. The van der Waals surface area contributed by atoms with E-state index in [-0.39, 0.29) is 0 Å². The molecule has 0 radical (unpaired) electrons. The maximum atomic E-state index is 5.83. The highest BCUT2D eigenvalue weighted by Gasteiger charge is 2.12. The van der Waals surface area contributed by atoms with Gasteiger partial charge in [0.2, 0.25) is 0 Å². The Labute approximate surface area is 108 Å².